The molecule has 1 amide bonds. The summed E-state index contributed by atoms with van der Waals surface area (Å²) >= 11 is 0. The summed E-state index contributed by atoms with van der Waals surface area (Å²) in [6, 6.07) is 6.74. The first-order chi connectivity index (χ1) is 16.8. The standard InChI is InChI=1S/C24H25F5N6O/c1-14-4-6-16(7-5-14)17-12-34(3)33-21(17)22(36)35-13-23(25,26)8-15(2)18(35)9-31-20-11-30-19(10-32-20)24(27,28)29/h4-7,10-12,15,18H,8-9,13H2,1-3H3,(H,31,32)/t15-,18-/m1/s1. The number of anilines is 1. The smallest absolute Gasteiger partial charge is 0.367 e. The van der Waals surface area contributed by atoms with Crippen LogP contribution in [0.3, 0.4) is 0 Å². The zero-order valence-electron chi connectivity index (χ0n) is 19.9. The molecule has 0 bridgehead atoms. The Morgan fingerprint density at radius 1 is 1.17 bits per heavy atom. The van der Waals surface area contributed by atoms with Crippen LogP contribution in [0.2, 0.25) is 0 Å². The number of rotatable bonds is 5. The first kappa shape index (κ1) is 25.5. The number of carbonyl (C=O) groups is 1. The van der Waals surface area contributed by atoms with E-state index < -0.39 is 48.6 Å². The molecule has 192 valence electrons. The molecule has 0 radical (unpaired) electrons. The highest BCUT2D eigenvalue weighted by atomic mass is 19.4. The minimum Gasteiger partial charge on any atom is -0.367 e. The number of amides is 1. The highest BCUT2D eigenvalue weighted by molar-refractivity contribution is 5.99. The zero-order valence-corrected chi connectivity index (χ0v) is 19.9. The van der Waals surface area contributed by atoms with Gasteiger partial charge in [0.25, 0.3) is 11.8 Å². The molecule has 4 rings (SSSR count). The van der Waals surface area contributed by atoms with E-state index in [9.17, 15) is 26.7 Å². The summed E-state index contributed by atoms with van der Waals surface area (Å²) in [4.78, 5) is 21.8. The number of carbonyl (C=O) groups excluding carboxylic acids is 1. The fraction of sp³-hybridized carbons (Fsp3) is 0.417. The van der Waals surface area contributed by atoms with E-state index in [1.54, 1.807) is 20.2 Å². The van der Waals surface area contributed by atoms with Crippen LogP contribution in [0.4, 0.5) is 27.8 Å². The van der Waals surface area contributed by atoms with E-state index in [1.165, 1.54) is 4.68 Å². The predicted octanol–water partition coefficient (Wildman–Crippen LogP) is 4.80. The van der Waals surface area contributed by atoms with Crippen LogP contribution in [0.1, 0.15) is 35.1 Å². The van der Waals surface area contributed by atoms with Gasteiger partial charge in [-0.05, 0) is 18.4 Å². The minimum atomic E-state index is -4.63. The van der Waals surface area contributed by atoms with Crippen LogP contribution < -0.4 is 5.32 Å². The highest BCUT2D eigenvalue weighted by Gasteiger charge is 2.46. The van der Waals surface area contributed by atoms with Gasteiger partial charge in [0.15, 0.2) is 11.4 Å². The van der Waals surface area contributed by atoms with E-state index in [1.807, 2.05) is 31.2 Å². The minimum absolute atomic E-state index is 0.00424. The fourth-order valence-electron chi connectivity index (χ4n) is 4.38. The Bertz CT molecular complexity index is 1220. The zero-order chi connectivity index (χ0) is 26.3. The average molecular weight is 508 g/mol. The quantitative estimate of drug-likeness (QED) is 0.501. The molecule has 1 saturated heterocycles. The summed E-state index contributed by atoms with van der Waals surface area (Å²) in [6.07, 6.45) is -1.89. The number of nitrogens with one attached hydrogen (secondary N) is 1. The van der Waals surface area contributed by atoms with Crippen molar-refractivity contribution >= 4 is 11.7 Å². The molecular weight excluding hydrogens is 483 g/mol. The lowest BCUT2D eigenvalue weighted by Crippen LogP contribution is -2.57. The monoisotopic (exact) mass is 508 g/mol. The molecule has 2 atom stereocenters. The number of halogens is 5. The van der Waals surface area contributed by atoms with Gasteiger partial charge >= 0.3 is 6.18 Å². The van der Waals surface area contributed by atoms with Crippen molar-refractivity contribution in [2.24, 2.45) is 13.0 Å². The lowest BCUT2D eigenvalue weighted by Gasteiger charge is -2.43. The summed E-state index contributed by atoms with van der Waals surface area (Å²) in [5.74, 6) is -4.32. The second-order valence-corrected chi connectivity index (χ2v) is 9.13. The van der Waals surface area contributed by atoms with Gasteiger partial charge in [-0.3, -0.25) is 9.48 Å². The van der Waals surface area contributed by atoms with Crippen LogP contribution >= 0.6 is 0 Å². The van der Waals surface area contributed by atoms with Crippen LogP contribution in [0, 0.1) is 12.8 Å². The Morgan fingerprint density at radius 2 is 1.86 bits per heavy atom. The molecule has 3 heterocycles. The largest absolute Gasteiger partial charge is 0.434 e. The predicted molar refractivity (Wildman–Crippen MR) is 122 cm³/mol. The average Bonchev–Trinajstić information content (AvgIpc) is 3.19. The van der Waals surface area contributed by atoms with Crippen molar-refractivity contribution in [3.63, 3.8) is 0 Å². The van der Waals surface area contributed by atoms with Gasteiger partial charge in [-0.15, -0.1) is 0 Å². The molecule has 0 aliphatic carbocycles. The third-order valence-corrected chi connectivity index (χ3v) is 6.17. The summed E-state index contributed by atoms with van der Waals surface area (Å²) in [5, 5.41) is 7.11. The molecule has 0 spiro atoms. The summed E-state index contributed by atoms with van der Waals surface area (Å²) in [6.45, 7) is 2.73. The molecule has 7 nitrogen and oxygen atoms in total. The molecule has 0 unspecified atom stereocenters. The van der Waals surface area contributed by atoms with E-state index in [2.05, 4.69) is 20.4 Å². The topological polar surface area (TPSA) is 75.9 Å². The van der Waals surface area contributed by atoms with Crippen LogP contribution in [-0.4, -0.2) is 55.6 Å². The Morgan fingerprint density at radius 3 is 2.47 bits per heavy atom. The Labute approximate surface area is 204 Å². The van der Waals surface area contributed by atoms with Gasteiger partial charge in [-0.2, -0.15) is 18.3 Å². The van der Waals surface area contributed by atoms with Gasteiger partial charge in [0.1, 0.15) is 5.82 Å². The Balaban J connectivity index is 1.60. The van der Waals surface area contributed by atoms with Crippen molar-refractivity contribution in [3.8, 4) is 11.1 Å². The van der Waals surface area contributed by atoms with Crippen LogP contribution in [-0.2, 0) is 13.2 Å². The van der Waals surface area contributed by atoms with E-state index in [-0.39, 0.29) is 18.1 Å². The molecule has 1 aliphatic rings. The summed E-state index contributed by atoms with van der Waals surface area (Å²) in [5.41, 5.74) is 1.17. The Hall–Kier alpha value is -3.57. The molecule has 36 heavy (non-hydrogen) atoms. The van der Waals surface area contributed by atoms with E-state index in [0.29, 0.717) is 11.8 Å². The molecule has 2 aromatic heterocycles. The summed E-state index contributed by atoms with van der Waals surface area (Å²) < 4.78 is 68.9. The Kier molecular flexibility index (Phi) is 6.72. The number of alkyl halides is 5. The number of hydrogen-bond donors (Lipinski definition) is 1. The third-order valence-electron chi connectivity index (χ3n) is 6.17. The van der Waals surface area contributed by atoms with Gasteiger partial charge in [-0.25, -0.2) is 18.7 Å². The fourth-order valence-corrected chi connectivity index (χ4v) is 4.38. The number of benzene rings is 1. The third kappa shape index (κ3) is 5.47. The van der Waals surface area contributed by atoms with Gasteiger partial charge in [0.05, 0.1) is 25.0 Å². The molecular formula is C24H25F5N6O. The maximum absolute atomic E-state index is 14.6. The number of nitrogens with zero attached hydrogens (tertiary/aromatic N) is 5. The number of aryl methyl sites for hydroxylation is 2. The number of aromatic nitrogens is 4. The summed E-state index contributed by atoms with van der Waals surface area (Å²) in [7, 11) is 1.64. The van der Waals surface area contributed by atoms with Crippen LogP contribution in [0.15, 0.2) is 42.9 Å². The van der Waals surface area contributed by atoms with E-state index >= 15 is 0 Å². The maximum Gasteiger partial charge on any atom is 0.434 e. The van der Waals surface area contributed by atoms with Crippen molar-refractivity contribution < 1.29 is 26.7 Å². The number of likely N-dealkylation sites (tertiary alicyclic amines) is 1. The molecule has 0 saturated carbocycles. The van der Waals surface area contributed by atoms with Crippen molar-refractivity contribution in [3.05, 3.63) is 59.8 Å². The van der Waals surface area contributed by atoms with Crippen molar-refractivity contribution in [1.82, 2.24) is 24.6 Å². The molecule has 1 fully saturated rings. The van der Waals surface area contributed by atoms with Gasteiger partial charge in [-0.1, -0.05) is 36.8 Å². The first-order valence-corrected chi connectivity index (χ1v) is 11.3. The second kappa shape index (κ2) is 9.47. The maximum atomic E-state index is 14.6. The lowest BCUT2D eigenvalue weighted by molar-refractivity contribution is -0.141. The van der Waals surface area contributed by atoms with Crippen LogP contribution in [0.25, 0.3) is 11.1 Å². The van der Waals surface area contributed by atoms with Gasteiger partial charge < -0.3 is 10.2 Å². The van der Waals surface area contributed by atoms with Gasteiger partial charge in [0, 0.05) is 31.8 Å². The van der Waals surface area contributed by atoms with Crippen molar-refractivity contribution in [2.75, 3.05) is 18.4 Å². The van der Waals surface area contributed by atoms with Crippen molar-refractivity contribution in [2.45, 2.75) is 38.4 Å². The van der Waals surface area contributed by atoms with Crippen LogP contribution in [0.5, 0.6) is 0 Å². The first-order valence-electron chi connectivity index (χ1n) is 11.3. The molecule has 1 aromatic carbocycles. The molecule has 1 N–H and O–H groups in total. The number of hydrogen-bond acceptors (Lipinski definition) is 5. The second-order valence-electron chi connectivity index (χ2n) is 9.13. The lowest BCUT2D eigenvalue weighted by atomic mass is 9.88. The van der Waals surface area contributed by atoms with E-state index in [4.69, 9.17) is 0 Å². The van der Waals surface area contributed by atoms with Crippen molar-refractivity contribution in [1.29, 1.82) is 0 Å². The van der Waals surface area contributed by atoms with Gasteiger partial charge in [0.2, 0.25) is 0 Å². The molecule has 12 heteroatoms. The SMILES string of the molecule is Cc1ccc(-c2cn(C)nc2C(=O)N2CC(F)(F)C[C@@H](C)[C@H]2CNc2cnc(C(F)(F)F)cn2)cc1. The van der Waals surface area contributed by atoms with E-state index in [0.717, 1.165) is 22.2 Å². The normalized spacial score (nSPS) is 19.8. The number of piperidine rings is 1. The highest BCUT2D eigenvalue weighted by Crippen LogP contribution is 2.36. The molecule has 3 aromatic rings. The molecule has 1 aliphatic heterocycles.